The first-order valence-corrected chi connectivity index (χ1v) is 16.1. The molecule has 4 aliphatic rings. The minimum Gasteiger partial charge on any atom is -0.550 e. The quantitative estimate of drug-likeness (QED) is 0.0305. The number of aliphatic imine (C=N–C) groups is 1. The van der Waals surface area contributed by atoms with Gasteiger partial charge in [-0.15, -0.1) is 6.58 Å². The second-order valence-electron chi connectivity index (χ2n) is 12.6. The second kappa shape index (κ2) is 16.5. The highest BCUT2D eigenvalue weighted by Gasteiger charge is 2.56. The Balaban J connectivity index is 1.68. The Kier molecular flexibility index (Phi) is 13.0. The number of carboxylic acids is 1. The third-order valence-electron chi connectivity index (χ3n) is 9.56. The van der Waals surface area contributed by atoms with E-state index in [2.05, 4.69) is 16.9 Å². The Morgan fingerprint density at radius 1 is 1.19 bits per heavy atom. The van der Waals surface area contributed by atoms with Gasteiger partial charge in [-0.1, -0.05) is 18.2 Å². The molecule has 0 bridgehead atoms. The van der Waals surface area contributed by atoms with Gasteiger partial charge in [-0.2, -0.15) is 0 Å². The number of quaternary nitrogens is 1. The van der Waals surface area contributed by atoms with Crippen molar-refractivity contribution in [1.29, 1.82) is 0 Å². The van der Waals surface area contributed by atoms with Crippen LogP contribution in [0.3, 0.4) is 0 Å². The van der Waals surface area contributed by atoms with Gasteiger partial charge in [0.15, 0.2) is 18.4 Å². The van der Waals surface area contributed by atoms with E-state index in [-0.39, 0.29) is 37.3 Å². The number of hydrogen-bond acceptors (Lipinski definition) is 14. The number of nitrogens with zero attached hydrogens (tertiary/aromatic N) is 1. The first-order chi connectivity index (χ1) is 22.9. The van der Waals surface area contributed by atoms with Crippen molar-refractivity contribution >= 4 is 17.9 Å². The fourth-order valence-electron chi connectivity index (χ4n) is 6.83. The molecule has 1 aliphatic carbocycles. The first-order valence-electron chi connectivity index (χ1n) is 16.1. The largest absolute Gasteiger partial charge is 0.550 e. The van der Waals surface area contributed by atoms with Gasteiger partial charge in [0.25, 0.3) is 0 Å². The van der Waals surface area contributed by atoms with Gasteiger partial charge in [0.1, 0.15) is 24.9 Å². The maximum absolute atomic E-state index is 13.5. The predicted molar refractivity (Wildman–Crippen MR) is 163 cm³/mol. The average molecular weight is 685 g/mol. The number of guanidine groups is 1. The lowest BCUT2D eigenvalue weighted by Crippen LogP contribution is -3.16. The summed E-state index contributed by atoms with van der Waals surface area (Å²) < 4.78 is 22.8. The van der Waals surface area contributed by atoms with Crippen molar-refractivity contribution in [3.05, 3.63) is 36.6 Å². The van der Waals surface area contributed by atoms with Crippen LogP contribution < -0.4 is 21.1 Å². The lowest BCUT2D eigenvalue weighted by Gasteiger charge is -2.46. The summed E-state index contributed by atoms with van der Waals surface area (Å²) in [4.78, 5) is 30.5. The fraction of sp³-hybridized carbons (Fsp3) is 0.710. The second-order valence-corrected chi connectivity index (χ2v) is 12.6. The molecule has 48 heavy (non-hydrogen) atoms. The summed E-state index contributed by atoms with van der Waals surface area (Å²) in [5.74, 6) is -8.34. The van der Waals surface area contributed by atoms with E-state index < -0.39 is 84.9 Å². The van der Waals surface area contributed by atoms with Crippen molar-refractivity contribution in [1.82, 2.24) is 5.32 Å². The number of likely N-dealkylation sites (tertiary alicyclic amines) is 1. The molecule has 270 valence electrons. The molecular formula is C31H48N4O13. The number of aliphatic hydroxyl groups excluding tert-OH is 4. The van der Waals surface area contributed by atoms with Crippen LogP contribution in [0, 0.1) is 23.7 Å². The Morgan fingerprint density at radius 2 is 1.90 bits per heavy atom. The molecule has 0 aromatic heterocycles. The molecule has 0 aromatic rings. The topological polar surface area (TPSA) is 270 Å². The number of aliphatic carboxylic acids is 1. The van der Waals surface area contributed by atoms with Gasteiger partial charge in [0.05, 0.1) is 62.0 Å². The van der Waals surface area contributed by atoms with Crippen molar-refractivity contribution in [2.75, 3.05) is 39.9 Å². The molecule has 11 unspecified atom stereocenters. The Hall–Kier alpha value is -3.13. The zero-order valence-corrected chi connectivity index (χ0v) is 26.8. The maximum atomic E-state index is 13.5. The van der Waals surface area contributed by atoms with Crippen molar-refractivity contribution in [3.63, 3.8) is 0 Å². The zero-order chi connectivity index (χ0) is 35.2. The smallest absolute Gasteiger partial charge is 0.338 e. The van der Waals surface area contributed by atoms with E-state index in [1.54, 1.807) is 12.2 Å². The molecule has 17 nitrogen and oxygen atoms in total. The maximum Gasteiger partial charge on any atom is 0.338 e. The summed E-state index contributed by atoms with van der Waals surface area (Å²) in [5, 5.41) is 75.9. The Morgan fingerprint density at radius 3 is 2.50 bits per heavy atom. The number of nitrogens with two attached hydrogens (primary N) is 1. The van der Waals surface area contributed by atoms with Gasteiger partial charge >= 0.3 is 5.97 Å². The molecule has 11 atom stereocenters. The van der Waals surface area contributed by atoms with E-state index in [1.165, 1.54) is 13.1 Å². The van der Waals surface area contributed by atoms with Crippen LogP contribution in [-0.2, 0) is 28.5 Å². The Labute approximate surface area is 277 Å². The number of hydrogen-bond donors (Lipinski definition) is 9. The molecule has 1 saturated carbocycles. The third-order valence-corrected chi connectivity index (χ3v) is 9.56. The lowest BCUT2D eigenvalue weighted by molar-refractivity contribution is -0.911. The number of piperidine rings is 1. The monoisotopic (exact) mass is 684 g/mol. The average Bonchev–Trinajstić information content (AvgIpc) is 3.57. The van der Waals surface area contributed by atoms with Gasteiger partial charge in [-0.25, -0.2) is 4.79 Å². The highest BCUT2D eigenvalue weighted by atomic mass is 16.8. The molecule has 0 amide bonds. The number of ether oxygens (including phenoxy) is 4. The SMILES string of the molecule is C=CC1C(OC2OC(CO)C(O)C(O)(O)C2O)OC=C(C(=O)OC2CCCC2)C1C=CC1C[NH+](CCO)CC(C(=O)[O-])C1NC(N)=NC. The van der Waals surface area contributed by atoms with Crippen LogP contribution >= 0.6 is 0 Å². The van der Waals surface area contributed by atoms with Crippen LogP contribution in [-0.4, -0.2) is 137 Å². The van der Waals surface area contributed by atoms with Crippen LogP contribution in [0.4, 0.5) is 0 Å². The van der Waals surface area contributed by atoms with Gasteiger partial charge in [0.2, 0.25) is 12.1 Å². The van der Waals surface area contributed by atoms with Gasteiger partial charge in [0, 0.05) is 18.9 Å². The number of rotatable bonds is 12. The van der Waals surface area contributed by atoms with Crippen molar-refractivity contribution in [3.8, 4) is 0 Å². The van der Waals surface area contributed by atoms with Crippen LogP contribution in [0.1, 0.15) is 25.7 Å². The van der Waals surface area contributed by atoms with E-state index in [0.717, 1.165) is 24.0 Å². The molecule has 0 spiro atoms. The molecule has 17 heteroatoms. The number of carboxylic acid groups (broad SMARTS) is 1. The number of nitrogens with one attached hydrogen (secondary N) is 2. The molecule has 2 saturated heterocycles. The molecule has 3 heterocycles. The van der Waals surface area contributed by atoms with Gasteiger partial charge < -0.3 is 75.4 Å². The summed E-state index contributed by atoms with van der Waals surface area (Å²) >= 11 is 0. The summed E-state index contributed by atoms with van der Waals surface area (Å²) in [6.45, 7) is 3.70. The summed E-state index contributed by atoms with van der Waals surface area (Å²) in [6, 6.07) is -0.765. The van der Waals surface area contributed by atoms with Crippen LogP contribution in [0.15, 0.2) is 41.6 Å². The van der Waals surface area contributed by atoms with Crippen LogP contribution in [0.25, 0.3) is 0 Å². The van der Waals surface area contributed by atoms with E-state index in [1.807, 2.05) is 0 Å². The number of aliphatic hydroxyl groups is 6. The summed E-state index contributed by atoms with van der Waals surface area (Å²) in [7, 11) is 1.45. The van der Waals surface area contributed by atoms with Crippen LogP contribution in [0.2, 0.25) is 0 Å². The minimum atomic E-state index is -3.11. The first kappa shape index (κ1) is 37.7. The predicted octanol–water partition coefficient (Wildman–Crippen LogP) is -5.40. The highest BCUT2D eigenvalue weighted by molar-refractivity contribution is 5.89. The molecule has 10 N–H and O–H groups in total. The third kappa shape index (κ3) is 8.35. The lowest BCUT2D eigenvalue weighted by atomic mass is 9.79. The van der Waals surface area contributed by atoms with E-state index in [4.69, 9.17) is 24.7 Å². The molecule has 4 rings (SSSR count). The summed E-state index contributed by atoms with van der Waals surface area (Å²) in [5.41, 5.74) is 6.05. The standard InChI is InChI=1S/C31H48N4O13/c1-3-18-19(9-8-16-12-35(10-11-36)13-20(26(40)41)23(16)34-30(32)33-2)21(27(42)46-17-6-4-5-7-17)15-45-28(18)48-29-25(39)31(43,44)24(38)22(14-37)47-29/h3,8-9,15-20,22-25,28-29,36-39,43-44H,1,4-7,10-14H2,2H3,(H,40,41)(H3,32,33,34). The minimum absolute atomic E-state index is 0.0145. The molecule has 0 radical (unpaired) electrons. The summed E-state index contributed by atoms with van der Waals surface area (Å²) in [6.07, 6.45) is -0.00793. The number of carbonyl (C=O) groups is 2. The van der Waals surface area contributed by atoms with Crippen LogP contribution in [0.5, 0.6) is 0 Å². The van der Waals surface area contributed by atoms with E-state index >= 15 is 0 Å². The van der Waals surface area contributed by atoms with E-state index in [9.17, 15) is 45.3 Å². The normalized spacial score (nSPS) is 37.4. The molecule has 3 aliphatic heterocycles. The number of carbonyl (C=O) groups excluding carboxylic acids is 2. The van der Waals surface area contributed by atoms with Gasteiger partial charge in [-0.05, 0) is 25.7 Å². The van der Waals surface area contributed by atoms with Crippen molar-refractivity contribution in [2.24, 2.45) is 34.4 Å². The molecule has 3 fully saturated rings. The van der Waals surface area contributed by atoms with Gasteiger partial charge in [-0.3, -0.25) is 4.99 Å². The molecule has 0 aromatic carbocycles. The fourth-order valence-corrected chi connectivity index (χ4v) is 6.83. The zero-order valence-electron chi connectivity index (χ0n) is 26.8. The van der Waals surface area contributed by atoms with E-state index in [0.29, 0.717) is 19.4 Å². The Bertz CT molecular complexity index is 1220. The molecular weight excluding hydrogens is 636 g/mol. The number of esters is 1. The van der Waals surface area contributed by atoms with Crippen molar-refractivity contribution < 1.29 is 69.2 Å². The highest BCUT2D eigenvalue weighted by Crippen LogP contribution is 2.38. The van der Waals surface area contributed by atoms with Crippen molar-refractivity contribution in [2.45, 2.75) is 74.5 Å². The number of allylic oxidation sites excluding steroid dienone is 1.